The molecule has 2 rings (SSSR count). The predicted octanol–water partition coefficient (Wildman–Crippen LogP) is -0.00250. The molecule has 1 aliphatic heterocycles. The van der Waals surface area contributed by atoms with Gasteiger partial charge in [-0.25, -0.2) is 14.7 Å². The number of hydrogen-bond acceptors (Lipinski definition) is 7. The molecular formula is C11H16N6O3S. The van der Waals surface area contributed by atoms with Gasteiger partial charge in [-0.2, -0.15) is 4.98 Å². The number of ether oxygens (including phenoxy) is 1. The van der Waals surface area contributed by atoms with Crippen LogP contribution in [0.4, 0.5) is 10.7 Å². The van der Waals surface area contributed by atoms with Crippen LogP contribution in [-0.4, -0.2) is 45.6 Å². The van der Waals surface area contributed by atoms with Crippen LogP contribution in [0, 0.1) is 0 Å². The Balaban J connectivity index is 2.18. The molecule has 5 N–H and O–H groups in total. The molecule has 0 aromatic carbocycles. The second kappa shape index (κ2) is 6.48. The minimum Gasteiger partial charge on any atom is -0.463 e. The standard InChI is InChI=1S/C11H16N6O3S/c1-3-20-8(18)7-5(2)13-10(19)14-6(7)4-21-11-15-9(12)16-17-11/h5H,3-4H2,1-2H3,(H2,13,14,19)(H3,12,15,16,17)/t5-/m1/s1. The van der Waals surface area contributed by atoms with E-state index in [1.54, 1.807) is 13.8 Å². The molecule has 9 nitrogen and oxygen atoms in total. The first-order chi connectivity index (χ1) is 10.0. The minimum atomic E-state index is -0.456. The van der Waals surface area contributed by atoms with Gasteiger partial charge in [0.25, 0.3) is 0 Å². The monoisotopic (exact) mass is 312 g/mol. The third-order valence-electron chi connectivity index (χ3n) is 2.69. The van der Waals surface area contributed by atoms with Gasteiger partial charge in [-0.05, 0) is 13.8 Å². The van der Waals surface area contributed by atoms with Gasteiger partial charge in [0.1, 0.15) is 0 Å². The van der Waals surface area contributed by atoms with Gasteiger partial charge in [0.2, 0.25) is 11.1 Å². The molecule has 0 radical (unpaired) electrons. The highest BCUT2D eigenvalue weighted by Crippen LogP contribution is 2.21. The SMILES string of the molecule is CCOC(=O)C1=C(CSc2n[nH]c(N)n2)NC(=O)N[C@@H]1C. The summed E-state index contributed by atoms with van der Waals surface area (Å²) in [7, 11) is 0. The van der Waals surface area contributed by atoms with Crippen molar-refractivity contribution in [3.63, 3.8) is 0 Å². The van der Waals surface area contributed by atoms with Crippen LogP contribution in [0.5, 0.6) is 0 Å². The average molecular weight is 312 g/mol. The third kappa shape index (κ3) is 3.66. The van der Waals surface area contributed by atoms with Crippen LogP contribution >= 0.6 is 11.8 Å². The molecule has 2 heterocycles. The zero-order valence-corrected chi connectivity index (χ0v) is 12.4. The lowest BCUT2D eigenvalue weighted by atomic mass is 10.1. The molecule has 0 spiro atoms. The van der Waals surface area contributed by atoms with Crippen LogP contribution < -0.4 is 16.4 Å². The number of thioether (sulfide) groups is 1. The van der Waals surface area contributed by atoms with Gasteiger partial charge in [0, 0.05) is 11.4 Å². The van der Waals surface area contributed by atoms with E-state index in [9.17, 15) is 9.59 Å². The van der Waals surface area contributed by atoms with E-state index in [2.05, 4.69) is 25.8 Å². The first kappa shape index (κ1) is 15.2. The van der Waals surface area contributed by atoms with E-state index in [1.165, 1.54) is 11.8 Å². The zero-order valence-electron chi connectivity index (χ0n) is 11.6. The lowest BCUT2D eigenvalue weighted by Gasteiger charge is -2.26. The van der Waals surface area contributed by atoms with Crippen molar-refractivity contribution < 1.29 is 14.3 Å². The molecule has 1 aliphatic rings. The fraction of sp³-hybridized carbons (Fsp3) is 0.455. The molecule has 0 unspecified atom stereocenters. The maximum Gasteiger partial charge on any atom is 0.337 e. The van der Waals surface area contributed by atoms with E-state index in [4.69, 9.17) is 10.5 Å². The molecule has 0 fully saturated rings. The maximum atomic E-state index is 12.0. The number of carbonyl (C=O) groups is 2. The number of amides is 2. The number of H-pyrrole nitrogens is 1. The number of urea groups is 1. The largest absolute Gasteiger partial charge is 0.463 e. The molecule has 1 aromatic heterocycles. The fourth-order valence-electron chi connectivity index (χ4n) is 1.85. The molecule has 21 heavy (non-hydrogen) atoms. The van der Waals surface area contributed by atoms with E-state index >= 15 is 0 Å². The molecule has 0 saturated carbocycles. The molecular weight excluding hydrogens is 296 g/mol. The Kier molecular flexibility index (Phi) is 4.68. The number of aromatic amines is 1. The lowest BCUT2D eigenvalue weighted by molar-refractivity contribution is -0.138. The molecule has 0 bridgehead atoms. The van der Waals surface area contributed by atoms with Gasteiger partial charge in [0.05, 0.1) is 18.2 Å². The van der Waals surface area contributed by atoms with Crippen molar-refractivity contribution in [1.82, 2.24) is 25.8 Å². The topological polar surface area (TPSA) is 135 Å². The van der Waals surface area contributed by atoms with Crippen molar-refractivity contribution >= 4 is 29.7 Å². The van der Waals surface area contributed by atoms with Crippen molar-refractivity contribution in [2.75, 3.05) is 18.1 Å². The highest BCUT2D eigenvalue weighted by atomic mass is 32.2. The predicted molar refractivity (Wildman–Crippen MR) is 76.3 cm³/mol. The summed E-state index contributed by atoms with van der Waals surface area (Å²) in [4.78, 5) is 27.5. The Morgan fingerprint density at radius 1 is 1.52 bits per heavy atom. The second-order valence-corrected chi connectivity index (χ2v) is 5.17. The van der Waals surface area contributed by atoms with Crippen molar-refractivity contribution in [3.05, 3.63) is 11.3 Å². The lowest BCUT2D eigenvalue weighted by Crippen LogP contribution is -2.49. The number of anilines is 1. The van der Waals surface area contributed by atoms with Gasteiger partial charge < -0.3 is 21.1 Å². The number of nitrogen functional groups attached to an aromatic ring is 1. The minimum absolute atomic E-state index is 0.208. The van der Waals surface area contributed by atoms with Crippen LogP contribution in [-0.2, 0) is 9.53 Å². The highest BCUT2D eigenvalue weighted by molar-refractivity contribution is 7.99. The fourth-order valence-corrected chi connectivity index (χ4v) is 2.63. The van der Waals surface area contributed by atoms with Gasteiger partial charge in [-0.1, -0.05) is 11.8 Å². The average Bonchev–Trinajstić information content (AvgIpc) is 2.81. The van der Waals surface area contributed by atoms with Gasteiger partial charge in [-0.3, -0.25) is 0 Å². The Labute approximate surface area is 125 Å². The quantitative estimate of drug-likeness (QED) is 0.444. The van der Waals surface area contributed by atoms with E-state index in [0.29, 0.717) is 22.2 Å². The van der Waals surface area contributed by atoms with E-state index < -0.39 is 12.0 Å². The Morgan fingerprint density at radius 2 is 2.29 bits per heavy atom. The van der Waals surface area contributed by atoms with E-state index in [0.717, 1.165) is 0 Å². The Hall–Kier alpha value is -2.23. The second-order valence-electron chi connectivity index (χ2n) is 4.22. The Bertz CT molecular complexity index is 584. The molecule has 1 aromatic rings. The smallest absolute Gasteiger partial charge is 0.337 e. The molecule has 2 amide bonds. The number of carbonyl (C=O) groups excluding carboxylic acids is 2. The van der Waals surface area contributed by atoms with Crippen molar-refractivity contribution in [1.29, 1.82) is 0 Å². The summed E-state index contributed by atoms with van der Waals surface area (Å²) >= 11 is 1.25. The molecule has 0 saturated heterocycles. The van der Waals surface area contributed by atoms with Crippen molar-refractivity contribution in [2.24, 2.45) is 0 Å². The van der Waals surface area contributed by atoms with Gasteiger partial charge >= 0.3 is 12.0 Å². The normalized spacial score (nSPS) is 18.2. The van der Waals surface area contributed by atoms with Crippen molar-refractivity contribution in [2.45, 2.75) is 25.0 Å². The molecule has 114 valence electrons. The number of nitrogens with two attached hydrogens (primary N) is 1. The summed E-state index contributed by atoms with van der Waals surface area (Å²) in [5, 5.41) is 12.1. The van der Waals surface area contributed by atoms with Crippen LogP contribution in [0.2, 0.25) is 0 Å². The molecule has 1 atom stereocenters. The van der Waals surface area contributed by atoms with Crippen LogP contribution in [0.1, 0.15) is 13.8 Å². The first-order valence-electron chi connectivity index (χ1n) is 6.29. The summed E-state index contributed by atoms with van der Waals surface area (Å²) in [6.07, 6.45) is 0. The number of aromatic nitrogens is 3. The molecule has 10 heteroatoms. The van der Waals surface area contributed by atoms with Crippen molar-refractivity contribution in [3.8, 4) is 0 Å². The summed E-state index contributed by atoms with van der Waals surface area (Å²) in [6, 6.07) is -0.786. The van der Waals surface area contributed by atoms with Crippen LogP contribution in [0.25, 0.3) is 0 Å². The first-order valence-corrected chi connectivity index (χ1v) is 7.28. The van der Waals surface area contributed by atoms with E-state index in [-0.39, 0.29) is 18.6 Å². The van der Waals surface area contributed by atoms with Crippen LogP contribution in [0.15, 0.2) is 16.4 Å². The molecule has 0 aliphatic carbocycles. The number of rotatable bonds is 5. The number of nitrogens with zero attached hydrogens (tertiary/aromatic N) is 2. The number of hydrogen-bond donors (Lipinski definition) is 4. The summed E-state index contributed by atoms with van der Waals surface area (Å²) < 4.78 is 5.02. The van der Waals surface area contributed by atoms with Gasteiger partial charge in [-0.15, -0.1) is 5.10 Å². The van der Waals surface area contributed by atoms with E-state index in [1.807, 2.05) is 0 Å². The Morgan fingerprint density at radius 3 is 2.90 bits per heavy atom. The summed E-state index contributed by atoms with van der Waals surface area (Å²) in [5.41, 5.74) is 6.32. The maximum absolute atomic E-state index is 12.0. The number of esters is 1. The highest BCUT2D eigenvalue weighted by Gasteiger charge is 2.29. The zero-order chi connectivity index (χ0) is 15.4. The summed E-state index contributed by atoms with van der Waals surface area (Å²) in [6.45, 7) is 3.71. The summed E-state index contributed by atoms with van der Waals surface area (Å²) in [5.74, 6) is 0.0749. The van der Waals surface area contributed by atoms with Crippen LogP contribution in [0.3, 0.4) is 0 Å². The van der Waals surface area contributed by atoms with Gasteiger partial charge in [0.15, 0.2) is 0 Å². The number of nitrogens with one attached hydrogen (secondary N) is 3. The third-order valence-corrected chi connectivity index (χ3v) is 3.57.